The van der Waals surface area contributed by atoms with Gasteiger partial charge in [-0.3, -0.25) is 0 Å². The number of nitrogens with one attached hydrogen (secondary N) is 1. The molecule has 19 heavy (non-hydrogen) atoms. The summed E-state index contributed by atoms with van der Waals surface area (Å²) in [6.45, 7) is 7.56. The summed E-state index contributed by atoms with van der Waals surface area (Å²) < 4.78 is 11.0. The van der Waals surface area contributed by atoms with Gasteiger partial charge in [-0.2, -0.15) is 0 Å². The van der Waals surface area contributed by atoms with Gasteiger partial charge in [0, 0.05) is 6.04 Å². The van der Waals surface area contributed by atoms with Crippen LogP contribution in [0.25, 0.3) is 0 Å². The Morgan fingerprint density at radius 1 is 1.11 bits per heavy atom. The van der Waals surface area contributed by atoms with Crippen LogP contribution in [0.15, 0.2) is 18.2 Å². The zero-order valence-electron chi connectivity index (χ0n) is 12.8. The first-order chi connectivity index (χ1) is 9.19. The molecule has 0 bridgehead atoms. The molecule has 108 valence electrons. The van der Waals surface area contributed by atoms with Crippen LogP contribution in [0.5, 0.6) is 11.5 Å². The summed E-state index contributed by atoms with van der Waals surface area (Å²) in [6.07, 6.45) is 2.36. The Bertz CT molecular complexity index is 357. The number of hydrogen-bond donors (Lipinski definition) is 1. The molecule has 3 nitrogen and oxygen atoms in total. The predicted octanol–water partition coefficient (Wildman–Crippen LogP) is 3.79. The van der Waals surface area contributed by atoms with Crippen LogP contribution in [0.2, 0.25) is 0 Å². The van der Waals surface area contributed by atoms with Gasteiger partial charge in [0.25, 0.3) is 0 Å². The molecular formula is C16H27NO2. The molecule has 1 aromatic carbocycles. The van der Waals surface area contributed by atoms with E-state index in [1.54, 1.807) is 14.2 Å². The van der Waals surface area contributed by atoms with Crippen LogP contribution in [0.3, 0.4) is 0 Å². The lowest BCUT2D eigenvalue weighted by atomic mass is 9.89. The van der Waals surface area contributed by atoms with Crippen LogP contribution in [-0.2, 0) is 0 Å². The topological polar surface area (TPSA) is 30.5 Å². The van der Waals surface area contributed by atoms with Crippen LogP contribution < -0.4 is 14.8 Å². The lowest BCUT2D eigenvalue weighted by Crippen LogP contribution is -2.27. The number of methoxy groups -OCH3 is 2. The summed E-state index contributed by atoms with van der Waals surface area (Å²) >= 11 is 0. The molecule has 0 heterocycles. The third-order valence-electron chi connectivity index (χ3n) is 3.51. The number of ether oxygens (including phenoxy) is 2. The second-order valence-electron chi connectivity index (χ2n) is 4.88. The Hall–Kier alpha value is -1.22. The summed E-state index contributed by atoms with van der Waals surface area (Å²) in [5.74, 6) is 2.33. The van der Waals surface area contributed by atoms with Crippen LogP contribution in [0.4, 0.5) is 0 Å². The minimum absolute atomic E-state index is 0.260. The van der Waals surface area contributed by atoms with E-state index in [2.05, 4.69) is 26.1 Å². The van der Waals surface area contributed by atoms with E-state index in [0.29, 0.717) is 5.92 Å². The van der Waals surface area contributed by atoms with Crippen molar-refractivity contribution in [3.63, 3.8) is 0 Å². The van der Waals surface area contributed by atoms with Crippen molar-refractivity contribution in [1.82, 2.24) is 5.32 Å². The van der Waals surface area contributed by atoms with Gasteiger partial charge in [-0.05, 0) is 31.0 Å². The highest BCUT2D eigenvalue weighted by Crippen LogP contribution is 2.38. The van der Waals surface area contributed by atoms with E-state index in [1.807, 2.05) is 18.2 Å². The summed E-state index contributed by atoms with van der Waals surface area (Å²) in [4.78, 5) is 0. The molecule has 1 N–H and O–H groups in total. The maximum atomic E-state index is 5.52. The summed E-state index contributed by atoms with van der Waals surface area (Å²) in [5, 5.41) is 3.57. The Morgan fingerprint density at radius 2 is 1.68 bits per heavy atom. The van der Waals surface area contributed by atoms with E-state index in [0.717, 1.165) is 23.6 Å². The molecule has 0 fully saturated rings. The first-order valence-electron chi connectivity index (χ1n) is 7.13. The van der Waals surface area contributed by atoms with Gasteiger partial charge in [0.15, 0.2) is 0 Å². The van der Waals surface area contributed by atoms with Crippen molar-refractivity contribution < 1.29 is 9.47 Å². The van der Waals surface area contributed by atoms with Crippen molar-refractivity contribution >= 4 is 0 Å². The van der Waals surface area contributed by atoms with Crippen molar-refractivity contribution in [3.8, 4) is 11.5 Å². The maximum Gasteiger partial charge on any atom is 0.127 e. The predicted molar refractivity (Wildman–Crippen MR) is 80.0 cm³/mol. The molecular weight excluding hydrogens is 238 g/mol. The highest BCUT2D eigenvalue weighted by atomic mass is 16.5. The van der Waals surface area contributed by atoms with Gasteiger partial charge < -0.3 is 14.8 Å². The molecule has 0 aliphatic rings. The van der Waals surface area contributed by atoms with Gasteiger partial charge in [-0.25, -0.2) is 0 Å². The smallest absolute Gasteiger partial charge is 0.127 e. The third-order valence-corrected chi connectivity index (χ3v) is 3.51. The SMILES string of the molecule is CCCC(C)C(NCC)c1c(OC)cccc1OC. The molecule has 2 unspecified atom stereocenters. The molecule has 2 atom stereocenters. The van der Waals surface area contributed by atoms with Gasteiger partial charge >= 0.3 is 0 Å². The monoisotopic (exact) mass is 265 g/mol. The van der Waals surface area contributed by atoms with Crippen molar-refractivity contribution in [3.05, 3.63) is 23.8 Å². The third kappa shape index (κ3) is 3.87. The van der Waals surface area contributed by atoms with Gasteiger partial charge in [0.1, 0.15) is 11.5 Å². The van der Waals surface area contributed by atoms with Crippen LogP contribution in [0, 0.1) is 5.92 Å². The Morgan fingerprint density at radius 3 is 2.11 bits per heavy atom. The van der Waals surface area contributed by atoms with E-state index in [9.17, 15) is 0 Å². The number of hydrogen-bond acceptors (Lipinski definition) is 3. The van der Waals surface area contributed by atoms with Crippen molar-refractivity contribution in [2.24, 2.45) is 5.92 Å². The zero-order chi connectivity index (χ0) is 14.3. The first-order valence-corrected chi connectivity index (χ1v) is 7.13. The van der Waals surface area contributed by atoms with Gasteiger partial charge in [0.05, 0.1) is 19.8 Å². The molecule has 0 aliphatic carbocycles. The molecule has 3 heteroatoms. The summed E-state index contributed by atoms with van der Waals surface area (Å²) in [5.41, 5.74) is 1.13. The fraction of sp³-hybridized carbons (Fsp3) is 0.625. The Kier molecular flexibility index (Phi) is 6.71. The minimum Gasteiger partial charge on any atom is -0.496 e. The van der Waals surface area contributed by atoms with Crippen LogP contribution >= 0.6 is 0 Å². The second kappa shape index (κ2) is 8.05. The fourth-order valence-corrected chi connectivity index (χ4v) is 2.62. The van der Waals surface area contributed by atoms with Crippen LogP contribution in [-0.4, -0.2) is 20.8 Å². The van der Waals surface area contributed by atoms with Gasteiger partial charge in [0.2, 0.25) is 0 Å². The zero-order valence-corrected chi connectivity index (χ0v) is 12.8. The van der Waals surface area contributed by atoms with E-state index >= 15 is 0 Å². The summed E-state index contributed by atoms with van der Waals surface area (Å²) in [7, 11) is 3.43. The Balaban J connectivity index is 3.19. The van der Waals surface area contributed by atoms with Gasteiger partial charge in [-0.1, -0.05) is 33.3 Å². The average Bonchev–Trinajstić information content (AvgIpc) is 2.44. The lowest BCUT2D eigenvalue weighted by Gasteiger charge is -2.28. The molecule has 1 rings (SSSR count). The van der Waals surface area contributed by atoms with E-state index in [4.69, 9.17) is 9.47 Å². The molecule has 0 spiro atoms. The molecule has 0 saturated heterocycles. The largest absolute Gasteiger partial charge is 0.496 e. The van der Waals surface area contributed by atoms with Gasteiger partial charge in [-0.15, -0.1) is 0 Å². The quantitative estimate of drug-likeness (QED) is 0.775. The summed E-state index contributed by atoms with van der Waals surface area (Å²) in [6, 6.07) is 6.23. The lowest BCUT2D eigenvalue weighted by molar-refractivity contribution is 0.326. The first kappa shape index (κ1) is 15.8. The number of benzene rings is 1. The molecule has 0 amide bonds. The Labute approximate surface area is 117 Å². The average molecular weight is 265 g/mol. The normalized spacial score (nSPS) is 13.9. The maximum absolute atomic E-state index is 5.52. The number of rotatable bonds is 8. The van der Waals surface area contributed by atoms with Crippen molar-refractivity contribution in [2.75, 3.05) is 20.8 Å². The van der Waals surface area contributed by atoms with Crippen molar-refractivity contribution in [1.29, 1.82) is 0 Å². The van der Waals surface area contributed by atoms with E-state index in [1.165, 1.54) is 12.8 Å². The minimum atomic E-state index is 0.260. The molecule has 0 saturated carbocycles. The van der Waals surface area contributed by atoms with Crippen molar-refractivity contribution in [2.45, 2.75) is 39.7 Å². The highest BCUT2D eigenvalue weighted by Gasteiger charge is 2.24. The van der Waals surface area contributed by atoms with E-state index in [-0.39, 0.29) is 6.04 Å². The molecule has 0 radical (unpaired) electrons. The van der Waals surface area contributed by atoms with E-state index < -0.39 is 0 Å². The second-order valence-corrected chi connectivity index (χ2v) is 4.88. The molecule has 1 aromatic rings. The fourth-order valence-electron chi connectivity index (χ4n) is 2.62. The standard InChI is InChI=1S/C16H27NO2/c1-6-9-12(3)16(17-7-2)15-13(18-4)10-8-11-14(15)19-5/h8,10-12,16-17H,6-7,9H2,1-5H3. The molecule has 0 aliphatic heterocycles. The highest BCUT2D eigenvalue weighted by molar-refractivity contribution is 5.47. The van der Waals surface area contributed by atoms with Crippen LogP contribution in [0.1, 0.15) is 45.2 Å². The molecule has 0 aromatic heterocycles.